The van der Waals surface area contributed by atoms with Crippen LogP contribution in [-0.2, 0) is 4.79 Å². The van der Waals surface area contributed by atoms with Crippen LogP contribution in [0.4, 0.5) is 0 Å². The second-order valence-electron chi connectivity index (χ2n) is 7.43. The maximum Gasteiger partial charge on any atom is 0.251 e. The number of aromatic nitrogens is 2. The third-order valence-corrected chi connectivity index (χ3v) is 5.58. The first-order chi connectivity index (χ1) is 13.0. The number of hydrogen-bond donors (Lipinski definition) is 3. The number of nitrogens with zero attached hydrogens (tertiary/aromatic N) is 1. The van der Waals surface area contributed by atoms with Crippen molar-refractivity contribution in [3.8, 4) is 11.1 Å². The van der Waals surface area contributed by atoms with Gasteiger partial charge in [0, 0.05) is 36.3 Å². The Labute approximate surface area is 160 Å². The lowest BCUT2D eigenvalue weighted by atomic mass is 9.81. The number of benzene rings is 1. The molecule has 1 saturated carbocycles. The van der Waals surface area contributed by atoms with Crippen LogP contribution >= 0.6 is 0 Å². The van der Waals surface area contributed by atoms with Gasteiger partial charge in [-0.05, 0) is 63.1 Å². The molecule has 1 fully saturated rings. The average molecular weight is 368 g/mol. The van der Waals surface area contributed by atoms with Gasteiger partial charge in [-0.1, -0.05) is 12.1 Å². The van der Waals surface area contributed by atoms with Crippen molar-refractivity contribution >= 4 is 11.8 Å². The molecule has 3 rings (SSSR count). The first-order valence-corrected chi connectivity index (χ1v) is 9.61. The summed E-state index contributed by atoms with van der Waals surface area (Å²) >= 11 is 0. The summed E-state index contributed by atoms with van der Waals surface area (Å²) in [6.07, 6.45) is 3.77. The van der Waals surface area contributed by atoms with Crippen LogP contribution < -0.4 is 10.6 Å². The van der Waals surface area contributed by atoms with Gasteiger partial charge in [-0.25, -0.2) is 0 Å². The summed E-state index contributed by atoms with van der Waals surface area (Å²) in [6, 6.07) is 7.65. The van der Waals surface area contributed by atoms with Crippen molar-refractivity contribution in [3.05, 3.63) is 41.2 Å². The summed E-state index contributed by atoms with van der Waals surface area (Å²) in [6.45, 7) is 4.63. The fourth-order valence-electron chi connectivity index (χ4n) is 3.94. The van der Waals surface area contributed by atoms with Crippen molar-refractivity contribution in [1.29, 1.82) is 0 Å². The molecule has 6 nitrogen and oxygen atoms in total. The Hall–Kier alpha value is -2.63. The molecule has 1 aliphatic carbocycles. The lowest BCUT2D eigenvalue weighted by Gasteiger charge is -2.27. The molecule has 0 bridgehead atoms. The molecule has 0 atom stereocenters. The number of amides is 2. The van der Waals surface area contributed by atoms with Gasteiger partial charge in [0.15, 0.2) is 0 Å². The van der Waals surface area contributed by atoms with Gasteiger partial charge in [0.1, 0.15) is 0 Å². The highest BCUT2D eigenvalue weighted by atomic mass is 16.2. The molecule has 0 saturated heterocycles. The molecule has 2 aromatic rings. The number of nitrogens with one attached hydrogen (secondary N) is 3. The lowest BCUT2D eigenvalue weighted by Crippen LogP contribution is -2.34. The first kappa shape index (κ1) is 19.1. The topological polar surface area (TPSA) is 86.9 Å². The van der Waals surface area contributed by atoms with E-state index in [0.717, 1.165) is 48.2 Å². The molecule has 2 amide bonds. The Balaban J connectivity index is 1.53. The van der Waals surface area contributed by atoms with Gasteiger partial charge in [0.2, 0.25) is 5.91 Å². The Bertz CT molecular complexity index is 783. The molecule has 0 unspecified atom stereocenters. The van der Waals surface area contributed by atoms with Crippen LogP contribution in [-0.4, -0.2) is 35.6 Å². The van der Waals surface area contributed by atoms with E-state index in [9.17, 15) is 9.59 Å². The normalized spacial score (nSPS) is 19.5. The van der Waals surface area contributed by atoms with E-state index in [0.29, 0.717) is 18.0 Å². The minimum absolute atomic E-state index is 0.0457. The van der Waals surface area contributed by atoms with E-state index in [-0.39, 0.29) is 17.7 Å². The third-order valence-electron chi connectivity index (χ3n) is 5.58. The van der Waals surface area contributed by atoms with E-state index in [1.54, 1.807) is 7.05 Å². The molecule has 1 heterocycles. The van der Waals surface area contributed by atoms with Crippen LogP contribution in [0.25, 0.3) is 11.1 Å². The van der Waals surface area contributed by atoms with Crippen molar-refractivity contribution in [1.82, 2.24) is 20.8 Å². The molecular formula is C21H28N4O2. The highest BCUT2D eigenvalue weighted by Crippen LogP contribution is 2.29. The van der Waals surface area contributed by atoms with Gasteiger partial charge in [-0.3, -0.25) is 14.7 Å². The van der Waals surface area contributed by atoms with Gasteiger partial charge in [0.25, 0.3) is 5.91 Å². The Morgan fingerprint density at radius 2 is 1.78 bits per heavy atom. The zero-order valence-electron chi connectivity index (χ0n) is 16.3. The Morgan fingerprint density at radius 3 is 2.33 bits per heavy atom. The van der Waals surface area contributed by atoms with Gasteiger partial charge < -0.3 is 10.6 Å². The molecule has 144 valence electrons. The molecule has 3 N–H and O–H groups in total. The largest absolute Gasteiger partial charge is 0.359 e. The predicted octanol–water partition coefficient (Wildman–Crippen LogP) is 2.98. The van der Waals surface area contributed by atoms with Gasteiger partial charge >= 0.3 is 0 Å². The monoisotopic (exact) mass is 368 g/mol. The Kier molecular flexibility index (Phi) is 5.94. The molecule has 0 radical (unpaired) electrons. The predicted molar refractivity (Wildman–Crippen MR) is 105 cm³/mol. The molecule has 0 aliphatic heterocycles. The van der Waals surface area contributed by atoms with E-state index in [1.807, 2.05) is 38.1 Å². The maximum atomic E-state index is 12.4. The van der Waals surface area contributed by atoms with E-state index < -0.39 is 0 Å². The molecular weight excluding hydrogens is 340 g/mol. The number of carbonyl (C=O) groups excluding carboxylic acids is 2. The van der Waals surface area contributed by atoms with Gasteiger partial charge in [-0.15, -0.1) is 0 Å². The smallest absolute Gasteiger partial charge is 0.251 e. The zero-order valence-corrected chi connectivity index (χ0v) is 16.3. The van der Waals surface area contributed by atoms with Crippen molar-refractivity contribution in [2.75, 3.05) is 13.6 Å². The molecule has 1 aromatic heterocycles. The Morgan fingerprint density at radius 1 is 1.11 bits per heavy atom. The summed E-state index contributed by atoms with van der Waals surface area (Å²) in [7, 11) is 1.69. The van der Waals surface area contributed by atoms with Gasteiger partial charge in [-0.2, -0.15) is 5.10 Å². The highest BCUT2D eigenvalue weighted by Gasteiger charge is 2.25. The van der Waals surface area contributed by atoms with Crippen LogP contribution in [0.15, 0.2) is 24.3 Å². The number of hydrogen-bond acceptors (Lipinski definition) is 3. The van der Waals surface area contributed by atoms with Crippen molar-refractivity contribution in [2.45, 2.75) is 39.5 Å². The van der Waals surface area contributed by atoms with Crippen LogP contribution in [0.1, 0.15) is 47.4 Å². The summed E-state index contributed by atoms with van der Waals surface area (Å²) in [5.41, 5.74) is 4.79. The van der Waals surface area contributed by atoms with Crippen LogP contribution in [0, 0.1) is 25.7 Å². The van der Waals surface area contributed by atoms with E-state index in [2.05, 4.69) is 20.8 Å². The van der Waals surface area contributed by atoms with Crippen LogP contribution in [0.5, 0.6) is 0 Å². The first-order valence-electron chi connectivity index (χ1n) is 9.61. The minimum atomic E-state index is -0.0457. The number of carbonyl (C=O) groups is 2. The van der Waals surface area contributed by atoms with Crippen molar-refractivity contribution < 1.29 is 9.59 Å². The van der Waals surface area contributed by atoms with Crippen molar-refractivity contribution in [2.24, 2.45) is 11.8 Å². The summed E-state index contributed by atoms with van der Waals surface area (Å²) in [4.78, 5) is 24.1. The van der Waals surface area contributed by atoms with Crippen LogP contribution in [0.2, 0.25) is 0 Å². The van der Waals surface area contributed by atoms with Crippen LogP contribution in [0.3, 0.4) is 0 Å². The molecule has 0 spiro atoms. The second-order valence-corrected chi connectivity index (χ2v) is 7.43. The number of aryl methyl sites for hydroxylation is 2. The SMILES string of the molecule is CNC(=O)C1CCC(CNC(=O)c2ccc(-c3c(C)n[nH]c3C)cc2)CC1. The fourth-order valence-corrected chi connectivity index (χ4v) is 3.94. The lowest BCUT2D eigenvalue weighted by molar-refractivity contribution is -0.125. The molecule has 27 heavy (non-hydrogen) atoms. The number of H-pyrrole nitrogens is 1. The fraction of sp³-hybridized carbons (Fsp3) is 0.476. The third kappa shape index (κ3) is 4.38. The standard InChI is InChI=1S/C21H28N4O2/c1-13-19(14(2)25-24-13)16-8-10-18(11-9-16)21(27)23-12-15-4-6-17(7-5-15)20(26)22-3/h8-11,15,17H,4-7,12H2,1-3H3,(H,22,26)(H,23,27)(H,24,25). The molecule has 1 aliphatic rings. The average Bonchev–Trinajstić information content (AvgIpc) is 3.04. The maximum absolute atomic E-state index is 12.4. The summed E-state index contributed by atoms with van der Waals surface area (Å²) in [5.74, 6) is 0.672. The van der Waals surface area contributed by atoms with Gasteiger partial charge in [0.05, 0.1) is 5.69 Å². The second kappa shape index (κ2) is 8.37. The highest BCUT2D eigenvalue weighted by molar-refractivity contribution is 5.94. The molecule has 1 aromatic carbocycles. The van der Waals surface area contributed by atoms with E-state index in [4.69, 9.17) is 0 Å². The number of rotatable bonds is 5. The quantitative estimate of drug-likeness (QED) is 0.758. The zero-order chi connectivity index (χ0) is 19.4. The minimum Gasteiger partial charge on any atom is -0.359 e. The summed E-state index contributed by atoms with van der Waals surface area (Å²) < 4.78 is 0. The number of aromatic amines is 1. The molecule has 6 heteroatoms. The summed E-state index contributed by atoms with van der Waals surface area (Å²) in [5, 5.41) is 13.0. The van der Waals surface area contributed by atoms with E-state index >= 15 is 0 Å². The van der Waals surface area contributed by atoms with E-state index in [1.165, 1.54) is 0 Å². The van der Waals surface area contributed by atoms with Crippen molar-refractivity contribution in [3.63, 3.8) is 0 Å².